The molecule has 6 nitrogen and oxygen atoms in total. The predicted octanol–water partition coefficient (Wildman–Crippen LogP) is 1.07. The van der Waals surface area contributed by atoms with Crippen LogP contribution in [0.2, 0.25) is 0 Å². The average Bonchev–Trinajstić information content (AvgIpc) is 2.86. The first-order valence-corrected chi connectivity index (χ1v) is 5.46. The van der Waals surface area contributed by atoms with Crippen LogP contribution in [0.25, 0.3) is 0 Å². The zero-order valence-corrected chi connectivity index (χ0v) is 9.23. The van der Waals surface area contributed by atoms with E-state index in [4.69, 9.17) is 14.8 Å². The maximum atomic E-state index is 11.6. The van der Waals surface area contributed by atoms with Crippen molar-refractivity contribution in [3.63, 3.8) is 0 Å². The van der Waals surface area contributed by atoms with E-state index >= 15 is 0 Å². The first-order chi connectivity index (χ1) is 8.29. The van der Waals surface area contributed by atoms with Gasteiger partial charge in [0.2, 0.25) is 0 Å². The fourth-order valence-corrected chi connectivity index (χ4v) is 1.57. The molecule has 1 amide bonds. The third-order valence-electron chi connectivity index (χ3n) is 2.47. The van der Waals surface area contributed by atoms with Crippen LogP contribution in [0.15, 0.2) is 12.1 Å². The molecule has 1 fully saturated rings. The minimum absolute atomic E-state index is 0.289. The lowest BCUT2D eigenvalue weighted by Gasteiger charge is -2.21. The zero-order valence-electron chi connectivity index (χ0n) is 9.23. The number of nitriles is 1. The number of rotatable bonds is 3. The molecule has 0 bridgehead atoms. The van der Waals surface area contributed by atoms with Gasteiger partial charge in [-0.2, -0.15) is 5.26 Å². The van der Waals surface area contributed by atoms with Crippen molar-refractivity contribution in [3.05, 3.63) is 23.5 Å². The molecule has 1 aromatic heterocycles. The lowest BCUT2D eigenvalue weighted by molar-refractivity contribution is -0.186. The smallest absolute Gasteiger partial charge is 0.291 e. The van der Waals surface area contributed by atoms with Crippen LogP contribution in [0, 0.1) is 11.3 Å². The van der Waals surface area contributed by atoms with Gasteiger partial charge in [-0.25, -0.2) is 10.3 Å². The minimum atomic E-state index is -0.416. The highest BCUT2D eigenvalue weighted by molar-refractivity contribution is 5.91. The first-order valence-electron chi connectivity index (χ1n) is 5.46. The Balaban J connectivity index is 1.82. The van der Waals surface area contributed by atoms with Crippen molar-refractivity contribution < 1.29 is 14.4 Å². The molecular weight excluding hydrogens is 222 g/mol. The first kappa shape index (κ1) is 11.6. The Kier molecular flexibility index (Phi) is 3.75. The SMILES string of the molecule is N#Cc1ccc(C(=O)NOC2CCCCO2)[nH]1. The Labute approximate surface area is 98.5 Å². The molecule has 0 aromatic carbocycles. The molecule has 1 saturated heterocycles. The van der Waals surface area contributed by atoms with Crippen molar-refractivity contribution in [2.45, 2.75) is 25.6 Å². The number of hydroxylamine groups is 1. The number of ether oxygens (including phenoxy) is 1. The zero-order chi connectivity index (χ0) is 12.1. The van der Waals surface area contributed by atoms with E-state index in [0.717, 1.165) is 19.3 Å². The van der Waals surface area contributed by atoms with Gasteiger partial charge in [0.15, 0.2) is 6.29 Å². The van der Waals surface area contributed by atoms with Gasteiger partial charge < -0.3 is 9.72 Å². The van der Waals surface area contributed by atoms with Gasteiger partial charge in [0.25, 0.3) is 5.91 Å². The van der Waals surface area contributed by atoms with E-state index in [9.17, 15) is 4.79 Å². The van der Waals surface area contributed by atoms with E-state index in [1.54, 1.807) is 0 Å². The Morgan fingerprint density at radius 3 is 3.12 bits per heavy atom. The average molecular weight is 235 g/mol. The third-order valence-corrected chi connectivity index (χ3v) is 2.47. The van der Waals surface area contributed by atoms with Crippen molar-refractivity contribution in [1.82, 2.24) is 10.5 Å². The Morgan fingerprint density at radius 1 is 1.59 bits per heavy atom. The summed E-state index contributed by atoms with van der Waals surface area (Å²) in [7, 11) is 0. The van der Waals surface area contributed by atoms with Crippen LogP contribution in [0.1, 0.15) is 35.4 Å². The minimum Gasteiger partial charge on any atom is -0.350 e. The number of aromatic nitrogens is 1. The summed E-state index contributed by atoms with van der Waals surface area (Å²) in [6.07, 6.45) is 2.45. The van der Waals surface area contributed by atoms with Crippen LogP contribution < -0.4 is 5.48 Å². The summed E-state index contributed by atoms with van der Waals surface area (Å²) in [4.78, 5) is 19.4. The number of carbonyl (C=O) groups is 1. The van der Waals surface area contributed by atoms with Gasteiger partial charge in [0, 0.05) is 13.0 Å². The summed E-state index contributed by atoms with van der Waals surface area (Å²) in [5.41, 5.74) is 2.93. The molecule has 1 aliphatic rings. The highest BCUT2D eigenvalue weighted by Crippen LogP contribution is 2.12. The maximum absolute atomic E-state index is 11.6. The van der Waals surface area contributed by atoms with Crippen LogP contribution in [0.4, 0.5) is 0 Å². The molecule has 0 aliphatic carbocycles. The fourth-order valence-electron chi connectivity index (χ4n) is 1.57. The van der Waals surface area contributed by atoms with Crippen molar-refractivity contribution in [2.75, 3.05) is 6.61 Å². The molecule has 17 heavy (non-hydrogen) atoms. The molecule has 0 spiro atoms. The Bertz CT molecular complexity index is 429. The fraction of sp³-hybridized carbons (Fsp3) is 0.455. The van der Waals surface area contributed by atoms with Gasteiger partial charge in [-0.15, -0.1) is 0 Å². The molecule has 1 atom stereocenters. The molecule has 0 radical (unpaired) electrons. The number of amides is 1. The molecule has 2 heterocycles. The third kappa shape index (κ3) is 3.06. The van der Waals surface area contributed by atoms with E-state index < -0.39 is 5.91 Å². The Hall–Kier alpha value is -1.84. The van der Waals surface area contributed by atoms with Crippen molar-refractivity contribution >= 4 is 5.91 Å². The summed E-state index contributed by atoms with van der Waals surface area (Å²) in [6.45, 7) is 0.654. The highest BCUT2D eigenvalue weighted by Gasteiger charge is 2.16. The molecule has 2 N–H and O–H groups in total. The van der Waals surface area contributed by atoms with Gasteiger partial charge in [-0.05, 0) is 25.0 Å². The number of carbonyl (C=O) groups excluding carboxylic acids is 1. The molecule has 2 rings (SSSR count). The van der Waals surface area contributed by atoms with Gasteiger partial charge >= 0.3 is 0 Å². The van der Waals surface area contributed by atoms with E-state index in [1.807, 2.05) is 6.07 Å². The lowest BCUT2D eigenvalue weighted by atomic mass is 10.2. The van der Waals surface area contributed by atoms with Crippen LogP contribution in [-0.4, -0.2) is 23.8 Å². The summed E-state index contributed by atoms with van der Waals surface area (Å²) < 4.78 is 5.29. The molecule has 1 aliphatic heterocycles. The number of H-pyrrole nitrogens is 1. The van der Waals surface area contributed by atoms with Crippen molar-refractivity contribution in [2.24, 2.45) is 0 Å². The van der Waals surface area contributed by atoms with Gasteiger partial charge in [-0.1, -0.05) is 0 Å². The normalized spacial score (nSPS) is 19.6. The van der Waals surface area contributed by atoms with Gasteiger partial charge in [0.05, 0.1) is 0 Å². The Morgan fingerprint density at radius 2 is 2.47 bits per heavy atom. The second-order valence-electron chi connectivity index (χ2n) is 3.74. The summed E-state index contributed by atoms with van der Waals surface area (Å²) >= 11 is 0. The molecule has 6 heteroatoms. The summed E-state index contributed by atoms with van der Waals surface area (Å²) in [5.74, 6) is -0.416. The second-order valence-corrected chi connectivity index (χ2v) is 3.74. The van der Waals surface area contributed by atoms with E-state index in [-0.39, 0.29) is 12.0 Å². The maximum Gasteiger partial charge on any atom is 0.291 e. The topological polar surface area (TPSA) is 87.1 Å². The van der Waals surface area contributed by atoms with E-state index in [2.05, 4.69) is 10.5 Å². The van der Waals surface area contributed by atoms with Crippen LogP contribution in [0.3, 0.4) is 0 Å². The molecule has 1 unspecified atom stereocenters. The number of aromatic amines is 1. The number of hydrogen-bond donors (Lipinski definition) is 2. The second kappa shape index (κ2) is 5.48. The molecule has 0 saturated carbocycles. The molecule has 1 aromatic rings. The van der Waals surface area contributed by atoms with E-state index in [0.29, 0.717) is 12.3 Å². The number of nitrogens with one attached hydrogen (secondary N) is 2. The predicted molar refractivity (Wildman–Crippen MR) is 57.6 cm³/mol. The largest absolute Gasteiger partial charge is 0.350 e. The van der Waals surface area contributed by atoms with Crippen LogP contribution in [0.5, 0.6) is 0 Å². The number of hydrogen-bond acceptors (Lipinski definition) is 4. The van der Waals surface area contributed by atoms with Crippen molar-refractivity contribution in [3.8, 4) is 6.07 Å². The van der Waals surface area contributed by atoms with E-state index in [1.165, 1.54) is 12.1 Å². The van der Waals surface area contributed by atoms with Gasteiger partial charge in [-0.3, -0.25) is 4.79 Å². The summed E-state index contributed by atoms with van der Waals surface area (Å²) in [6, 6.07) is 4.97. The standard InChI is InChI=1S/C11H13N3O3/c12-7-8-4-5-9(13-8)11(15)14-17-10-3-1-2-6-16-10/h4-5,10,13H,1-3,6H2,(H,14,15). The highest BCUT2D eigenvalue weighted by atomic mass is 16.8. The monoisotopic (exact) mass is 235 g/mol. The van der Waals surface area contributed by atoms with Gasteiger partial charge in [0.1, 0.15) is 17.5 Å². The quantitative estimate of drug-likeness (QED) is 0.767. The molecular formula is C11H13N3O3. The molecule has 90 valence electrons. The van der Waals surface area contributed by atoms with Crippen LogP contribution in [-0.2, 0) is 9.57 Å². The lowest BCUT2D eigenvalue weighted by Crippen LogP contribution is -2.33. The van der Waals surface area contributed by atoms with Crippen molar-refractivity contribution in [1.29, 1.82) is 5.26 Å². The van der Waals surface area contributed by atoms with Crippen LogP contribution >= 0.6 is 0 Å². The summed E-state index contributed by atoms with van der Waals surface area (Å²) in [5, 5.41) is 8.60. The number of nitrogens with zero attached hydrogens (tertiary/aromatic N) is 1.